The summed E-state index contributed by atoms with van der Waals surface area (Å²) in [6, 6.07) is 14.2. The zero-order valence-electron chi connectivity index (χ0n) is 38.9. The van der Waals surface area contributed by atoms with Gasteiger partial charge in [-0.3, -0.25) is 19.8 Å². The Hall–Kier alpha value is -5.86. The van der Waals surface area contributed by atoms with Gasteiger partial charge in [-0.1, -0.05) is 34.8 Å². The smallest absolute Gasteiger partial charge is 0.351 e. The Morgan fingerprint density at radius 3 is 1.53 bits per heavy atom. The van der Waals surface area contributed by atoms with Crippen LogP contribution < -0.4 is 10.2 Å². The van der Waals surface area contributed by atoms with Crippen LogP contribution in [0.4, 0.5) is 22.2 Å². The van der Waals surface area contributed by atoms with E-state index < -0.39 is 17.5 Å². The topological polar surface area (TPSA) is 204 Å². The van der Waals surface area contributed by atoms with E-state index in [4.69, 9.17) is 19.2 Å². The summed E-state index contributed by atoms with van der Waals surface area (Å²) in [5, 5.41) is 13.2. The van der Waals surface area contributed by atoms with Gasteiger partial charge < -0.3 is 24.6 Å². The van der Waals surface area contributed by atoms with Gasteiger partial charge >= 0.3 is 11.9 Å². The largest absolute Gasteiger partial charge is 0.477 e. The minimum absolute atomic E-state index is 0.118. The fourth-order valence-electron chi connectivity index (χ4n) is 5.12. The van der Waals surface area contributed by atoms with Crippen LogP contribution in [0.2, 0.25) is 0 Å². The molecule has 0 atom stereocenters. The number of rotatable bonds is 11. The number of carbonyl (C=O) groups is 2. The molecule has 6 aromatic rings. The van der Waals surface area contributed by atoms with E-state index in [2.05, 4.69) is 40.2 Å². The molecule has 0 aromatic carbocycles. The van der Waals surface area contributed by atoms with E-state index in [1.165, 1.54) is 11.3 Å². The van der Waals surface area contributed by atoms with E-state index >= 15 is 0 Å². The van der Waals surface area contributed by atoms with Gasteiger partial charge in [-0.05, 0) is 134 Å². The Labute approximate surface area is 383 Å². The summed E-state index contributed by atoms with van der Waals surface area (Å²) < 4.78 is 17.2. The van der Waals surface area contributed by atoms with Gasteiger partial charge in [0.1, 0.15) is 26.7 Å². The molecule has 0 bridgehead atoms. The first-order valence-electron chi connectivity index (χ1n) is 20.3. The van der Waals surface area contributed by atoms with Crippen LogP contribution in [0.15, 0.2) is 85.7 Å². The second-order valence-electron chi connectivity index (χ2n) is 18.1. The zero-order valence-corrected chi connectivity index (χ0v) is 40.6. The molecule has 64 heavy (non-hydrogen) atoms. The lowest BCUT2D eigenvalue weighted by Crippen LogP contribution is -2.43. The van der Waals surface area contributed by atoms with Crippen molar-refractivity contribution in [2.45, 2.75) is 112 Å². The molecule has 2 N–H and O–H groups in total. The van der Waals surface area contributed by atoms with Crippen molar-refractivity contribution in [2.24, 2.45) is 0 Å². The summed E-state index contributed by atoms with van der Waals surface area (Å²) in [4.78, 5) is 63.0. The maximum absolute atomic E-state index is 12.9. The van der Waals surface area contributed by atoms with Gasteiger partial charge in [-0.25, -0.2) is 39.5 Å². The third-order valence-corrected chi connectivity index (χ3v) is 9.55. The lowest BCUT2D eigenvalue weighted by molar-refractivity contribution is -0.285. The maximum atomic E-state index is 12.9. The number of thiazole rings is 2. The molecule has 0 aliphatic heterocycles. The van der Waals surface area contributed by atoms with Crippen LogP contribution in [-0.4, -0.2) is 105 Å². The molecular weight excluding hydrogens is 855 g/mol. The number of carboxylic acids is 1. The second-order valence-corrected chi connectivity index (χ2v) is 20.1. The molecule has 0 amide bonds. The van der Waals surface area contributed by atoms with Crippen LogP contribution in [0.1, 0.15) is 102 Å². The molecular formula is C45H59N11O6S2. The number of carboxylic acid groups (broad SMARTS) is 1. The van der Waals surface area contributed by atoms with Gasteiger partial charge in [0.25, 0.3) is 0 Å². The van der Waals surface area contributed by atoms with Crippen LogP contribution in [0, 0.1) is 0 Å². The molecule has 6 heterocycles. The third kappa shape index (κ3) is 16.0. The maximum Gasteiger partial charge on any atom is 0.351 e. The molecule has 342 valence electrons. The zero-order chi connectivity index (χ0) is 47.5. The molecule has 0 radical (unpaired) electrons. The molecule has 0 aliphatic carbocycles. The number of carbonyl (C=O) groups excluding carboxylic acids is 1. The molecule has 0 spiro atoms. The number of pyridine rings is 2. The number of aromatic nitrogens is 8. The number of ether oxygens (including phenoxy) is 3. The summed E-state index contributed by atoms with van der Waals surface area (Å²) in [7, 11) is 3.89. The van der Waals surface area contributed by atoms with Gasteiger partial charge in [0.15, 0.2) is 10.3 Å². The van der Waals surface area contributed by atoms with Crippen LogP contribution in [0.3, 0.4) is 0 Å². The molecule has 0 saturated heterocycles. The van der Waals surface area contributed by atoms with Gasteiger partial charge in [0.05, 0.1) is 22.6 Å². The van der Waals surface area contributed by atoms with Crippen LogP contribution in [-0.2, 0) is 14.2 Å². The normalized spacial score (nSPS) is 11.9. The molecule has 6 rings (SSSR count). The Bertz CT molecular complexity index is 2360. The third-order valence-electron chi connectivity index (χ3n) is 7.57. The van der Waals surface area contributed by atoms with Gasteiger partial charge in [-0.2, -0.15) is 0 Å². The number of hydrogen-bond acceptors (Lipinski definition) is 18. The Morgan fingerprint density at radius 1 is 0.625 bits per heavy atom. The van der Waals surface area contributed by atoms with Crippen molar-refractivity contribution >= 4 is 56.8 Å². The fourth-order valence-corrected chi connectivity index (χ4v) is 7.06. The van der Waals surface area contributed by atoms with Crippen molar-refractivity contribution in [1.82, 2.24) is 44.8 Å². The Balaban J connectivity index is 0.000000225. The van der Waals surface area contributed by atoms with Crippen molar-refractivity contribution in [3.8, 4) is 22.8 Å². The number of esters is 1. The number of nitrogens with zero attached hydrogens (tertiary/aromatic N) is 10. The number of anilines is 4. The highest BCUT2D eigenvalue weighted by molar-refractivity contribution is 7.18. The van der Waals surface area contributed by atoms with Gasteiger partial charge in [-0.15, -0.1) is 0 Å². The van der Waals surface area contributed by atoms with E-state index in [1.54, 1.807) is 67.5 Å². The van der Waals surface area contributed by atoms with E-state index in [0.717, 1.165) is 11.3 Å². The highest BCUT2D eigenvalue weighted by Crippen LogP contribution is 2.39. The molecule has 6 aromatic heterocycles. The summed E-state index contributed by atoms with van der Waals surface area (Å²) >= 11 is 2.27. The molecule has 0 unspecified atom stereocenters. The second kappa shape index (κ2) is 21.7. The van der Waals surface area contributed by atoms with Crippen molar-refractivity contribution in [3.63, 3.8) is 0 Å². The fraction of sp³-hybridized carbons (Fsp3) is 0.422. The number of nitrogens with one attached hydrogen (secondary N) is 1. The van der Waals surface area contributed by atoms with E-state index in [-0.39, 0.29) is 28.0 Å². The average Bonchev–Trinajstić information content (AvgIpc) is 3.83. The molecule has 0 aliphatic rings. The minimum Gasteiger partial charge on any atom is -0.477 e. The highest BCUT2D eigenvalue weighted by Gasteiger charge is 2.33. The standard InChI is InChI=1S/C21H25N5O2S.C13H9N5O2S.C11H25NO2/c1-20(2,3)26(18-23-12-9-13-24-18)19-25-15(14-10-7-8-11-22-14)16(29-19)17(27)28-21(4,5)6;19-11(20)10-9(8-4-1-2-5-14-8)17-13(21-10)18-12-15-6-3-7-16-12;1-10(2,3)13-9(12(7)8)14-11(4,5)6/h7-13H,1-6H3;1-7H,(H,19,20)(H,15,16,17,18);9H,1-8H3. The summed E-state index contributed by atoms with van der Waals surface area (Å²) in [5.41, 5.74) is 0.560. The number of aromatic carboxylic acids is 1. The predicted octanol–water partition coefficient (Wildman–Crippen LogP) is 9.79. The summed E-state index contributed by atoms with van der Waals surface area (Å²) in [6.45, 7) is 23.8. The van der Waals surface area contributed by atoms with E-state index in [0.29, 0.717) is 49.8 Å². The van der Waals surface area contributed by atoms with Crippen molar-refractivity contribution in [3.05, 3.63) is 95.5 Å². The first-order chi connectivity index (χ1) is 29.8. The van der Waals surface area contributed by atoms with Crippen LogP contribution in [0.25, 0.3) is 22.8 Å². The molecule has 0 fully saturated rings. The minimum atomic E-state index is -1.05. The quantitative estimate of drug-likeness (QED) is 0.0917. The van der Waals surface area contributed by atoms with Gasteiger partial charge in [0, 0.05) is 42.7 Å². The van der Waals surface area contributed by atoms with Crippen LogP contribution in [0.5, 0.6) is 0 Å². The van der Waals surface area contributed by atoms with Crippen molar-refractivity contribution < 1.29 is 28.9 Å². The lowest BCUT2D eigenvalue weighted by atomic mass is 10.1. The first kappa shape index (κ1) is 50.8. The predicted molar refractivity (Wildman–Crippen MR) is 251 cm³/mol. The lowest BCUT2D eigenvalue weighted by Gasteiger charge is -2.35. The molecule has 19 heteroatoms. The number of hydrogen-bond donors (Lipinski definition) is 2. The summed E-state index contributed by atoms with van der Waals surface area (Å²) in [5.74, 6) is -0.604. The van der Waals surface area contributed by atoms with Gasteiger partial charge in [0.2, 0.25) is 18.3 Å². The average molecular weight is 914 g/mol. The Kier molecular flexibility index (Phi) is 17.2. The molecule has 17 nitrogen and oxygen atoms in total. The van der Waals surface area contributed by atoms with Crippen molar-refractivity contribution in [1.29, 1.82) is 0 Å². The Morgan fingerprint density at radius 2 is 1.11 bits per heavy atom. The first-order valence-corrected chi connectivity index (χ1v) is 21.9. The van der Waals surface area contributed by atoms with E-state index in [9.17, 15) is 14.7 Å². The molecule has 0 saturated carbocycles. The summed E-state index contributed by atoms with van der Waals surface area (Å²) in [6.07, 6.45) is 9.51. The SMILES string of the molecule is CC(C)(C)OC(=O)c1sc(N(c2ncccn2)C(C)(C)C)nc1-c1ccccn1.CN(C)C(OC(C)(C)C)OC(C)(C)C.O=C(O)c1sc(Nc2ncccn2)nc1-c1ccccn1. The monoisotopic (exact) mass is 913 g/mol. The van der Waals surface area contributed by atoms with Crippen LogP contribution >= 0.6 is 22.7 Å². The highest BCUT2D eigenvalue weighted by atomic mass is 32.1. The van der Waals surface area contributed by atoms with E-state index in [1.807, 2.05) is 125 Å². The van der Waals surface area contributed by atoms with Crippen molar-refractivity contribution in [2.75, 3.05) is 24.3 Å².